The smallest absolute Gasteiger partial charge is 0.251 e. The summed E-state index contributed by atoms with van der Waals surface area (Å²) in [6.07, 6.45) is 0.466. The van der Waals surface area contributed by atoms with Crippen LogP contribution in [-0.2, 0) is 12.1 Å². The highest BCUT2D eigenvalue weighted by Crippen LogP contribution is 2.41. The van der Waals surface area contributed by atoms with Crippen molar-refractivity contribution in [3.05, 3.63) is 41.5 Å². The Hall–Kier alpha value is -1.69. The molecule has 7 heteroatoms. The topological polar surface area (TPSA) is 38.7 Å². The average Bonchev–Trinajstić information content (AvgIpc) is 3.30. The lowest BCUT2D eigenvalue weighted by Crippen LogP contribution is -2.07. The van der Waals surface area contributed by atoms with Crippen LogP contribution in [0.3, 0.4) is 0 Å². The van der Waals surface area contributed by atoms with Gasteiger partial charge in [-0.25, -0.2) is 9.97 Å². The van der Waals surface area contributed by atoms with Crippen LogP contribution < -0.4 is 0 Å². The molecule has 1 saturated carbocycles. The van der Waals surface area contributed by atoms with Gasteiger partial charge in [0.1, 0.15) is 5.69 Å². The van der Waals surface area contributed by atoms with Gasteiger partial charge in [-0.3, -0.25) is 4.98 Å². The first-order valence-corrected chi connectivity index (χ1v) is 6.98. The summed E-state index contributed by atoms with van der Waals surface area (Å²) in [6, 6.07) is 2.27. The van der Waals surface area contributed by atoms with Crippen molar-refractivity contribution in [3.8, 4) is 11.4 Å². The molecule has 21 heavy (non-hydrogen) atoms. The van der Waals surface area contributed by atoms with Gasteiger partial charge in [-0.05, 0) is 25.0 Å². The number of halogens is 4. The molecule has 0 spiro atoms. The summed E-state index contributed by atoms with van der Waals surface area (Å²) in [4.78, 5) is 12.0. The van der Waals surface area contributed by atoms with E-state index in [1.54, 1.807) is 6.20 Å². The van der Waals surface area contributed by atoms with Crippen LogP contribution in [0.15, 0.2) is 24.5 Å². The molecular weight excluding hydrogens is 303 g/mol. The Labute approximate surface area is 124 Å². The Balaban J connectivity index is 1.95. The van der Waals surface area contributed by atoms with Crippen molar-refractivity contribution < 1.29 is 13.2 Å². The van der Waals surface area contributed by atoms with E-state index in [4.69, 9.17) is 11.6 Å². The second-order valence-electron chi connectivity index (χ2n) is 4.94. The molecule has 0 atom stereocenters. The van der Waals surface area contributed by atoms with E-state index in [0.29, 0.717) is 23.2 Å². The third-order valence-corrected chi connectivity index (χ3v) is 3.61. The fourth-order valence-corrected chi connectivity index (χ4v) is 2.27. The van der Waals surface area contributed by atoms with E-state index in [9.17, 15) is 13.2 Å². The number of hydrogen-bond donors (Lipinski definition) is 0. The predicted octanol–water partition coefficient (Wildman–Crippen LogP) is 4.17. The van der Waals surface area contributed by atoms with E-state index in [1.807, 2.05) is 0 Å². The van der Waals surface area contributed by atoms with Gasteiger partial charge < -0.3 is 0 Å². The molecule has 0 radical (unpaired) electrons. The second kappa shape index (κ2) is 5.26. The van der Waals surface area contributed by atoms with E-state index < -0.39 is 11.9 Å². The number of rotatable bonds is 3. The van der Waals surface area contributed by atoms with Gasteiger partial charge in [-0.1, -0.05) is 0 Å². The van der Waals surface area contributed by atoms with Crippen LogP contribution in [0.2, 0.25) is 0 Å². The molecule has 2 aromatic heterocycles. The minimum absolute atomic E-state index is 0.331. The zero-order chi connectivity index (χ0) is 15.0. The molecule has 0 bridgehead atoms. The third kappa shape index (κ3) is 3.00. The van der Waals surface area contributed by atoms with Gasteiger partial charge in [0.05, 0.1) is 11.6 Å². The van der Waals surface area contributed by atoms with Gasteiger partial charge in [-0.2, -0.15) is 13.2 Å². The molecule has 0 saturated heterocycles. The number of pyridine rings is 1. The van der Waals surface area contributed by atoms with Crippen LogP contribution in [0.1, 0.15) is 35.7 Å². The van der Waals surface area contributed by atoms with Crippen LogP contribution in [0.4, 0.5) is 13.2 Å². The lowest BCUT2D eigenvalue weighted by molar-refractivity contribution is -0.141. The van der Waals surface area contributed by atoms with Gasteiger partial charge >= 0.3 is 6.18 Å². The van der Waals surface area contributed by atoms with Crippen LogP contribution in [0, 0.1) is 0 Å². The predicted molar refractivity (Wildman–Crippen MR) is 71.8 cm³/mol. The average molecular weight is 314 g/mol. The molecule has 0 aromatic carbocycles. The van der Waals surface area contributed by atoms with Crippen LogP contribution in [-0.4, -0.2) is 15.0 Å². The Bertz CT molecular complexity index is 652. The minimum Gasteiger partial charge on any atom is -0.251 e. The third-order valence-electron chi connectivity index (χ3n) is 3.32. The monoisotopic (exact) mass is 313 g/mol. The second-order valence-corrected chi connectivity index (χ2v) is 5.21. The summed E-state index contributed by atoms with van der Waals surface area (Å²) >= 11 is 5.86. The summed E-state index contributed by atoms with van der Waals surface area (Å²) in [7, 11) is 0. The van der Waals surface area contributed by atoms with Gasteiger partial charge in [0.15, 0.2) is 5.82 Å². The lowest BCUT2D eigenvalue weighted by Gasteiger charge is -2.08. The van der Waals surface area contributed by atoms with Crippen molar-refractivity contribution in [1.29, 1.82) is 0 Å². The van der Waals surface area contributed by atoms with E-state index in [-0.39, 0.29) is 0 Å². The number of nitrogens with zero attached hydrogens (tertiary/aromatic N) is 3. The summed E-state index contributed by atoms with van der Waals surface area (Å²) < 4.78 is 37.5. The fraction of sp³-hybridized carbons (Fsp3) is 0.357. The largest absolute Gasteiger partial charge is 0.433 e. The van der Waals surface area contributed by atoms with Crippen LogP contribution >= 0.6 is 11.6 Å². The molecule has 0 N–H and O–H groups in total. The van der Waals surface area contributed by atoms with E-state index in [1.165, 1.54) is 6.07 Å². The highest BCUT2D eigenvalue weighted by atomic mass is 35.5. The summed E-state index contributed by atoms with van der Waals surface area (Å²) in [6.45, 7) is 0. The molecule has 1 aliphatic rings. The van der Waals surface area contributed by atoms with Crippen molar-refractivity contribution in [2.75, 3.05) is 0 Å². The number of hydrogen-bond acceptors (Lipinski definition) is 3. The Morgan fingerprint density at radius 2 is 1.90 bits per heavy atom. The first kappa shape index (κ1) is 14.3. The lowest BCUT2D eigenvalue weighted by atomic mass is 10.1. The Morgan fingerprint density at radius 3 is 2.43 bits per heavy atom. The maximum absolute atomic E-state index is 12.5. The summed E-state index contributed by atoms with van der Waals surface area (Å²) in [5.41, 5.74) is 1.31. The normalized spacial score (nSPS) is 15.2. The van der Waals surface area contributed by atoms with Gasteiger partial charge in [-0.15, -0.1) is 11.6 Å². The first-order valence-electron chi connectivity index (χ1n) is 6.44. The van der Waals surface area contributed by atoms with Crippen molar-refractivity contribution in [3.63, 3.8) is 0 Å². The molecule has 0 aliphatic heterocycles. The van der Waals surface area contributed by atoms with Gasteiger partial charge in [0.2, 0.25) is 0 Å². The van der Waals surface area contributed by atoms with E-state index in [0.717, 1.165) is 36.4 Å². The Morgan fingerprint density at radius 1 is 1.14 bits per heavy atom. The van der Waals surface area contributed by atoms with Crippen molar-refractivity contribution in [2.45, 2.75) is 30.8 Å². The van der Waals surface area contributed by atoms with Crippen molar-refractivity contribution >= 4 is 11.6 Å². The Kier molecular flexibility index (Phi) is 3.57. The SMILES string of the molecule is FC(F)(F)c1ccc(-c2ncc(CCl)c(C3CC3)n2)cn1. The molecule has 2 heterocycles. The van der Waals surface area contributed by atoms with Gasteiger partial charge in [0.25, 0.3) is 0 Å². The van der Waals surface area contributed by atoms with Crippen LogP contribution in [0.25, 0.3) is 11.4 Å². The highest BCUT2D eigenvalue weighted by Gasteiger charge is 2.32. The zero-order valence-electron chi connectivity index (χ0n) is 10.9. The molecule has 3 rings (SSSR count). The van der Waals surface area contributed by atoms with E-state index in [2.05, 4.69) is 15.0 Å². The summed E-state index contributed by atoms with van der Waals surface area (Å²) in [5.74, 6) is 1.10. The molecule has 3 nitrogen and oxygen atoms in total. The maximum Gasteiger partial charge on any atom is 0.433 e. The molecule has 1 aliphatic carbocycles. The van der Waals surface area contributed by atoms with Crippen molar-refractivity contribution in [2.24, 2.45) is 0 Å². The van der Waals surface area contributed by atoms with Gasteiger partial charge in [0, 0.05) is 29.4 Å². The first-order chi connectivity index (χ1) is 9.99. The molecule has 1 fully saturated rings. The maximum atomic E-state index is 12.5. The molecule has 2 aromatic rings. The molecular formula is C14H11ClF3N3. The minimum atomic E-state index is -4.44. The van der Waals surface area contributed by atoms with E-state index >= 15 is 0 Å². The fourth-order valence-electron chi connectivity index (χ4n) is 2.07. The van der Waals surface area contributed by atoms with Crippen LogP contribution in [0.5, 0.6) is 0 Å². The molecule has 110 valence electrons. The standard InChI is InChI=1S/C14H11ClF3N3/c15-5-10-7-20-13(21-12(10)8-1-2-8)9-3-4-11(19-6-9)14(16,17)18/h3-4,6-8H,1-2,5H2. The van der Waals surface area contributed by atoms with Crippen molar-refractivity contribution in [1.82, 2.24) is 15.0 Å². The summed E-state index contributed by atoms with van der Waals surface area (Å²) in [5, 5.41) is 0. The molecule has 0 amide bonds. The zero-order valence-corrected chi connectivity index (χ0v) is 11.6. The molecule has 0 unspecified atom stereocenters. The quantitative estimate of drug-likeness (QED) is 0.798. The highest BCUT2D eigenvalue weighted by molar-refractivity contribution is 6.17. The number of aromatic nitrogens is 3. The number of alkyl halides is 4.